The summed E-state index contributed by atoms with van der Waals surface area (Å²) in [5.74, 6) is 0. The predicted octanol–water partition coefficient (Wildman–Crippen LogP) is 1.90. The lowest BCUT2D eigenvalue weighted by Crippen LogP contribution is -2.28. The standard InChI is InChI=1S/C10H19BrN4/c1-4-8(12-5-2)6-7-9-10(11)13-14-15(9)3/h8,12H,4-7H2,1-3H3. The summed E-state index contributed by atoms with van der Waals surface area (Å²) < 4.78 is 2.71. The van der Waals surface area contributed by atoms with Crippen LogP contribution in [0, 0.1) is 0 Å². The van der Waals surface area contributed by atoms with Crippen molar-refractivity contribution < 1.29 is 0 Å². The van der Waals surface area contributed by atoms with E-state index in [9.17, 15) is 0 Å². The number of nitrogens with one attached hydrogen (secondary N) is 1. The van der Waals surface area contributed by atoms with Gasteiger partial charge in [0, 0.05) is 13.1 Å². The van der Waals surface area contributed by atoms with Gasteiger partial charge < -0.3 is 5.32 Å². The molecule has 0 saturated carbocycles. The molecule has 0 aromatic carbocycles. The van der Waals surface area contributed by atoms with E-state index < -0.39 is 0 Å². The van der Waals surface area contributed by atoms with Gasteiger partial charge in [0.2, 0.25) is 0 Å². The molecule has 1 aromatic rings. The van der Waals surface area contributed by atoms with Crippen molar-refractivity contribution in [3.63, 3.8) is 0 Å². The molecular formula is C10H19BrN4. The van der Waals surface area contributed by atoms with Gasteiger partial charge in [-0.15, -0.1) is 5.10 Å². The summed E-state index contributed by atoms with van der Waals surface area (Å²) in [5, 5.41) is 11.4. The van der Waals surface area contributed by atoms with Crippen LogP contribution in [0.4, 0.5) is 0 Å². The Balaban J connectivity index is 2.48. The van der Waals surface area contributed by atoms with Crippen LogP contribution in [0.3, 0.4) is 0 Å². The largest absolute Gasteiger partial charge is 0.314 e. The maximum Gasteiger partial charge on any atom is 0.151 e. The molecule has 86 valence electrons. The average molecular weight is 275 g/mol. The van der Waals surface area contributed by atoms with Gasteiger partial charge >= 0.3 is 0 Å². The normalized spacial score (nSPS) is 13.1. The number of hydrogen-bond acceptors (Lipinski definition) is 3. The molecule has 1 aromatic heterocycles. The first-order valence-electron chi connectivity index (χ1n) is 5.46. The van der Waals surface area contributed by atoms with E-state index in [1.807, 2.05) is 11.7 Å². The van der Waals surface area contributed by atoms with Crippen LogP contribution in [0.15, 0.2) is 4.60 Å². The van der Waals surface area contributed by atoms with Gasteiger partial charge in [0.15, 0.2) is 4.60 Å². The molecule has 0 aliphatic rings. The van der Waals surface area contributed by atoms with E-state index in [4.69, 9.17) is 0 Å². The van der Waals surface area contributed by atoms with E-state index in [1.54, 1.807) is 0 Å². The summed E-state index contributed by atoms with van der Waals surface area (Å²) in [6.07, 6.45) is 3.30. The first-order chi connectivity index (χ1) is 7.19. The fourth-order valence-corrected chi connectivity index (χ4v) is 2.19. The van der Waals surface area contributed by atoms with Crippen molar-refractivity contribution >= 4 is 15.9 Å². The molecule has 1 heterocycles. The molecule has 1 rings (SSSR count). The van der Waals surface area contributed by atoms with Crippen molar-refractivity contribution in [3.05, 3.63) is 10.3 Å². The second-order valence-electron chi connectivity index (χ2n) is 3.65. The van der Waals surface area contributed by atoms with Gasteiger partial charge in [0.25, 0.3) is 0 Å². The van der Waals surface area contributed by atoms with Crippen LogP contribution in [0.5, 0.6) is 0 Å². The Labute approximate surface area is 99.6 Å². The predicted molar refractivity (Wildman–Crippen MR) is 64.8 cm³/mol. The Bertz CT molecular complexity index is 278. The highest BCUT2D eigenvalue weighted by Crippen LogP contribution is 2.15. The summed E-state index contributed by atoms with van der Waals surface area (Å²) in [7, 11) is 1.93. The molecule has 1 atom stereocenters. The lowest BCUT2D eigenvalue weighted by molar-refractivity contribution is 0.474. The quantitative estimate of drug-likeness (QED) is 0.862. The molecule has 4 nitrogen and oxygen atoms in total. The Morgan fingerprint density at radius 1 is 1.47 bits per heavy atom. The minimum Gasteiger partial charge on any atom is -0.314 e. The van der Waals surface area contributed by atoms with Crippen LogP contribution in [0.25, 0.3) is 0 Å². The van der Waals surface area contributed by atoms with Gasteiger partial charge in [-0.2, -0.15) is 0 Å². The highest BCUT2D eigenvalue weighted by atomic mass is 79.9. The fraction of sp³-hybridized carbons (Fsp3) is 0.800. The van der Waals surface area contributed by atoms with E-state index >= 15 is 0 Å². The third kappa shape index (κ3) is 3.57. The van der Waals surface area contributed by atoms with Crippen LogP contribution in [-0.4, -0.2) is 27.6 Å². The molecule has 0 fully saturated rings. The first-order valence-corrected chi connectivity index (χ1v) is 6.25. The Kier molecular flexibility index (Phi) is 5.25. The zero-order valence-corrected chi connectivity index (χ0v) is 11.2. The number of rotatable bonds is 6. The zero-order chi connectivity index (χ0) is 11.3. The van der Waals surface area contributed by atoms with E-state index in [-0.39, 0.29) is 0 Å². The summed E-state index contributed by atoms with van der Waals surface area (Å²) in [6.45, 7) is 5.39. The van der Waals surface area contributed by atoms with E-state index in [0.717, 1.165) is 30.4 Å². The number of aromatic nitrogens is 3. The lowest BCUT2D eigenvalue weighted by Gasteiger charge is -2.15. The topological polar surface area (TPSA) is 42.7 Å². The van der Waals surface area contributed by atoms with Crippen LogP contribution in [0.1, 0.15) is 32.4 Å². The van der Waals surface area contributed by atoms with Gasteiger partial charge in [-0.3, -0.25) is 4.68 Å². The van der Waals surface area contributed by atoms with Gasteiger partial charge in [0.1, 0.15) is 0 Å². The molecule has 0 radical (unpaired) electrons. The highest BCUT2D eigenvalue weighted by Gasteiger charge is 2.10. The third-order valence-electron chi connectivity index (χ3n) is 2.61. The minimum atomic E-state index is 0.594. The molecule has 1 N–H and O–H groups in total. The van der Waals surface area contributed by atoms with Crippen molar-refractivity contribution in [3.8, 4) is 0 Å². The smallest absolute Gasteiger partial charge is 0.151 e. The van der Waals surface area contributed by atoms with Crippen LogP contribution in [0.2, 0.25) is 0 Å². The third-order valence-corrected chi connectivity index (χ3v) is 3.23. The molecule has 0 saturated heterocycles. The van der Waals surface area contributed by atoms with Crippen molar-refractivity contribution in [2.45, 2.75) is 39.2 Å². The summed E-state index contributed by atoms with van der Waals surface area (Å²) >= 11 is 3.41. The molecule has 5 heteroatoms. The SMILES string of the molecule is CCNC(CC)CCc1c(Br)nnn1C. The van der Waals surface area contributed by atoms with E-state index in [0.29, 0.717) is 6.04 Å². The van der Waals surface area contributed by atoms with E-state index in [2.05, 4.69) is 45.4 Å². The monoisotopic (exact) mass is 274 g/mol. The summed E-state index contributed by atoms with van der Waals surface area (Å²) in [4.78, 5) is 0. The van der Waals surface area contributed by atoms with Crippen LogP contribution >= 0.6 is 15.9 Å². The van der Waals surface area contributed by atoms with Gasteiger partial charge in [-0.05, 0) is 41.7 Å². The number of halogens is 1. The first kappa shape index (κ1) is 12.6. The minimum absolute atomic E-state index is 0.594. The van der Waals surface area contributed by atoms with Crippen molar-refractivity contribution in [2.24, 2.45) is 7.05 Å². The zero-order valence-electron chi connectivity index (χ0n) is 9.63. The molecule has 1 unspecified atom stereocenters. The Morgan fingerprint density at radius 3 is 2.67 bits per heavy atom. The van der Waals surface area contributed by atoms with Crippen LogP contribution < -0.4 is 5.32 Å². The Morgan fingerprint density at radius 2 is 2.20 bits per heavy atom. The number of nitrogens with zero attached hydrogens (tertiary/aromatic N) is 3. The van der Waals surface area contributed by atoms with Crippen molar-refractivity contribution in [1.29, 1.82) is 0 Å². The molecule has 0 aliphatic heterocycles. The number of hydrogen-bond donors (Lipinski definition) is 1. The van der Waals surface area contributed by atoms with E-state index in [1.165, 1.54) is 5.69 Å². The second-order valence-corrected chi connectivity index (χ2v) is 4.40. The second kappa shape index (κ2) is 6.23. The average Bonchev–Trinajstić information content (AvgIpc) is 2.54. The maximum absolute atomic E-state index is 3.98. The molecular weight excluding hydrogens is 256 g/mol. The van der Waals surface area contributed by atoms with Gasteiger partial charge in [-0.1, -0.05) is 19.1 Å². The van der Waals surface area contributed by atoms with Gasteiger partial charge in [-0.25, -0.2) is 0 Å². The van der Waals surface area contributed by atoms with Crippen molar-refractivity contribution in [1.82, 2.24) is 20.3 Å². The summed E-state index contributed by atoms with van der Waals surface area (Å²) in [6, 6.07) is 0.594. The fourth-order valence-electron chi connectivity index (χ4n) is 1.67. The molecule has 0 aliphatic carbocycles. The summed E-state index contributed by atoms with van der Waals surface area (Å²) in [5.41, 5.74) is 1.17. The maximum atomic E-state index is 3.98. The van der Waals surface area contributed by atoms with Crippen molar-refractivity contribution in [2.75, 3.05) is 6.54 Å². The molecule has 0 amide bonds. The molecule has 15 heavy (non-hydrogen) atoms. The number of aryl methyl sites for hydroxylation is 1. The highest BCUT2D eigenvalue weighted by molar-refractivity contribution is 9.10. The van der Waals surface area contributed by atoms with Crippen LogP contribution in [-0.2, 0) is 13.5 Å². The Hall–Kier alpha value is -0.420. The van der Waals surface area contributed by atoms with Gasteiger partial charge in [0.05, 0.1) is 5.69 Å². The molecule has 0 bridgehead atoms. The lowest BCUT2D eigenvalue weighted by atomic mass is 10.1. The molecule has 0 spiro atoms.